The number of aromatic nitrogens is 1. The first-order valence-corrected chi connectivity index (χ1v) is 4.55. The number of amides is 1. The highest BCUT2D eigenvalue weighted by Gasteiger charge is 2.15. The summed E-state index contributed by atoms with van der Waals surface area (Å²) in [7, 11) is 2.70. The molecule has 1 N–H and O–H groups in total. The van der Waals surface area contributed by atoms with Crippen LogP contribution in [0.25, 0.3) is 0 Å². The first-order valence-electron chi connectivity index (χ1n) is 4.55. The van der Waals surface area contributed by atoms with Gasteiger partial charge in [-0.2, -0.15) is 0 Å². The molecular formula is C10H12N2O4. The second-order valence-electron chi connectivity index (χ2n) is 3.18. The van der Waals surface area contributed by atoms with Crippen molar-refractivity contribution in [2.75, 3.05) is 20.7 Å². The molecule has 1 heterocycles. The number of nitrogens with zero attached hydrogens (tertiary/aromatic N) is 1. The number of nitrogens with one attached hydrogen (secondary N) is 1. The number of pyridine rings is 1. The van der Waals surface area contributed by atoms with Crippen molar-refractivity contribution in [3.8, 4) is 0 Å². The van der Waals surface area contributed by atoms with Crippen LogP contribution < -0.4 is 5.56 Å². The molecule has 1 rings (SSSR count). The summed E-state index contributed by atoms with van der Waals surface area (Å²) < 4.78 is 4.43. The van der Waals surface area contributed by atoms with E-state index in [4.69, 9.17) is 0 Å². The van der Waals surface area contributed by atoms with Gasteiger partial charge in [0.1, 0.15) is 6.54 Å². The van der Waals surface area contributed by atoms with Crippen LogP contribution in [0.1, 0.15) is 10.4 Å². The largest absolute Gasteiger partial charge is 0.468 e. The van der Waals surface area contributed by atoms with Crippen LogP contribution in [-0.4, -0.2) is 42.5 Å². The van der Waals surface area contributed by atoms with Gasteiger partial charge in [-0.05, 0) is 6.07 Å². The van der Waals surface area contributed by atoms with Crippen LogP contribution in [0, 0.1) is 0 Å². The number of esters is 1. The third kappa shape index (κ3) is 2.94. The van der Waals surface area contributed by atoms with Crippen LogP contribution in [0.5, 0.6) is 0 Å². The number of carbonyl (C=O) groups excluding carboxylic acids is 2. The van der Waals surface area contributed by atoms with E-state index >= 15 is 0 Å². The van der Waals surface area contributed by atoms with Gasteiger partial charge in [0.15, 0.2) is 0 Å². The molecule has 16 heavy (non-hydrogen) atoms. The highest BCUT2D eigenvalue weighted by molar-refractivity contribution is 5.95. The Hall–Kier alpha value is -2.11. The second-order valence-corrected chi connectivity index (χ2v) is 3.18. The first-order chi connectivity index (χ1) is 7.54. The molecule has 0 aromatic carbocycles. The monoisotopic (exact) mass is 224 g/mol. The van der Waals surface area contributed by atoms with Crippen LogP contribution in [0.2, 0.25) is 0 Å². The Kier molecular flexibility index (Phi) is 3.82. The molecule has 0 saturated carbocycles. The SMILES string of the molecule is COC(=O)CN(C)C(=O)c1cc[nH]c(=O)c1. The Bertz CT molecular complexity index is 452. The van der Waals surface area contributed by atoms with Crippen molar-refractivity contribution in [2.24, 2.45) is 0 Å². The fourth-order valence-electron chi connectivity index (χ4n) is 1.13. The van der Waals surface area contributed by atoms with Gasteiger partial charge in [-0.1, -0.05) is 0 Å². The number of rotatable bonds is 3. The minimum Gasteiger partial charge on any atom is -0.468 e. The fraction of sp³-hybridized carbons (Fsp3) is 0.300. The molecule has 0 fully saturated rings. The average Bonchev–Trinajstić information content (AvgIpc) is 2.27. The molecule has 6 heteroatoms. The summed E-state index contributed by atoms with van der Waals surface area (Å²) in [6, 6.07) is 2.65. The predicted octanol–water partition coefficient (Wildman–Crippen LogP) is -0.380. The number of aromatic amines is 1. The molecular weight excluding hydrogens is 212 g/mol. The molecule has 0 aliphatic rings. The zero-order valence-electron chi connectivity index (χ0n) is 9.02. The number of hydrogen-bond acceptors (Lipinski definition) is 4. The number of carbonyl (C=O) groups is 2. The lowest BCUT2D eigenvalue weighted by molar-refractivity contribution is -0.141. The maximum absolute atomic E-state index is 11.7. The van der Waals surface area contributed by atoms with E-state index in [9.17, 15) is 14.4 Å². The van der Waals surface area contributed by atoms with Gasteiger partial charge in [0.2, 0.25) is 5.56 Å². The molecule has 0 bridgehead atoms. The van der Waals surface area contributed by atoms with Gasteiger partial charge in [0.05, 0.1) is 7.11 Å². The van der Waals surface area contributed by atoms with E-state index in [1.807, 2.05) is 0 Å². The van der Waals surface area contributed by atoms with E-state index in [1.54, 1.807) is 0 Å². The average molecular weight is 224 g/mol. The third-order valence-corrected chi connectivity index (χ3v) is 1.96. The molecule has 1 aromatic heterocycles. The summed E-state index contributed by atoms with van der Waals surface area (Å²) in [4.78, 5) is 37.2. The standard InChI is InChI=1S/C10H12N2O4/c1-12(6-9(14)16-2)10(15)7-3-4-11-8(13)5-7/h3-5H,6H2,1-2H3,(H,11,13). The Morgan fingerprint density at radius 2 is 2.19 bits per heavy atom. The lowest BCUT2D eigenvalue weighted by Crippen LogP contribution is -2.33. The summed E-state index contributed by atoms with van der Waals surface area (Å²) in [5, 5.41) is 0. The van der Waals surface area contributed by atoms with Crippen molar-refractivity contribution in [2.45, 2.75) is 0 Å². The molecule has 86 valence electrons. The molecule has 1 amide bonds. The Balaban J connectivity index is 2.78. The quantitative estimate of drug-likeness (QED) is 0.710. The van der Waals surface area contributed by atoms with Crippen molar-refractivity contribution < 1.29 is 14.3 Å². The molecule has 6 nitrogen and oxygen atoms in total. The van der Waals surface area contributed by atoms with Crippen LogP contribution >= 0.6 is 0 Å². The highest BCUT2D eigenvalue weighted by Crippen LogP contribution is 1.99. The normalized spacial score (nSPS) is 9.62. The van der Waals surface area contributed by atoms with E-state index in [0.29, 0.717) is 0 Å². The van der Waals surface area contributed by atoms with Crippen LogP contribution in [-0.2, 0) is 9.53 Å². The lowest BCUT2D eigenvalue weighted by atomic mass is 10.2. The summed E-state index contributed by atoms with van der Waals surface area (Å²) >= 11 is 0. The number of methoxy groups -OCH3 is 1. The summed E-state index contributed by atoms with van der Waals surface area (Å²) in [6.45, 7) is -0.151. The molecule has 1 aromatic rings. The minimum atomic E-state index is -0.513. The molecule has 0 atom stereocenters. The van der Waals surface area contributed by atoms with Crippen molar-refractivity contribution in [1.82, 2.24) is 9.88 Å². The van der Waals surface area contributed by atoms with E-state index in [-0.39, 0.29) is 17.7 Å². The van der Waals surface area contributed by atoms with Crippen molar-refractivity contribution >= 4 is 11.9 Å². The van der Waals surface area contributed by atoms with E-state index in [0.717, 1.165) is 0 Å². The van der Waals surface area contributed by atoms with Gasteiger partial charge in [-0.25, -0.2) is 0 Å². The first kappa shape index (κ1) is 12.0. The van der Waals surface area contributed by atoms with Gasteiger partial charge in [0.25, 0.3) is 5.91 Å². The van der Waals surface area contributed by atoms with Gasteiger partial charge in [-0.3, -0.25) is 14.4 Å². The van der Waals surface area contributed by atoms with Crippen molar-refractivity contribution in [3.05, 3.63) is 34.2 Å². The van der Waals surface area contributed by atoms with Crippen LogP contribution in [0.3, 0.4) is 0 Å². The molecule has 0 radical (unpaired) electrons. The lowest BCUT2D eigenvalue weighted by Gasteiger charge is -2.15. The number of hydrogen-bond donors (Lipinski definition) is 1. The van der Waals surface area contributed by atoms with Crippen molar-refractivity contribution in [1.29, 1.82) is 0 Å². The van der Waals surface area contributed by atoms with E-state index < -0.39 is 11.9 Å². The number of ether oxygens (including phenoxy) is 1. The number of H-pyrrole nitrogens is 1. The highest BCUT2D eigenvalue weighted by atomic mass is 16.5. The smallest absolute Gasteiger partial charge is 0.325 e. The molecule has 0 aliphatic carbocycles. The Morgan fingerprint density at radius 3 is 2.75 bits per heavy atom. The Labute approximate surface area is 91.8 Å². The van der Waals surface area contributed by atoms with Crippen LogP contribution in [0.15, 0.2) is 23.1 Å². The van der Waals surface area contributed by atoms with Gasteiger partial charge in [-0.15, -0.1) is 0 Å². The third-order valence-electron chi connectivity index (χ3n) is 1.96. The van der Waals surface area contributed by atoms with Gasteiger partial charge < -0.3 is 14.6 Å². The van der Waals surface area contributed by atoms with Gasteiger partial charge >= 0.3 is 5.97 Å². The molecule has 0 aliphatic heterocycles. The molecule has 0 saturated heterocycles. The summed E-state index contributed by atoms with van der Waals surface area (Å²) in [5.41, 5.74) is -0.132. The molecule has 0 unspecified atom stereocenters. The fourth-order valence-corrected chi connectivity index (χ4v) is 1.13. The summed E-state index contributed by atoms with van der Waals surface area (Å²) in [6.07, 6.45) is 1.38. The zero-order chi connectivity index (χ0) is 12.1. The molecule has 0 spiro atoms. The minimum absolute atomic E-state index is 0.151. The maximum atomic E-state index is 11.7. The Morgan fingerprint density at radius 1 is 1.50 bits per heavy atom. The number of likely N-dealkylation sites (N-methyl/N-ethyl adjacent to an activating group) is 1. The predicted molar refractivity (Wildman–Crippen MR) is 56.0 cm³/mol. The van der Waals surface area contributed by atoms with Crippen molar-refractivity contribution in [3.63, 3.8) is 0 Å². The van der Waals surface area contributed by atoms with E-state index in [2.05, 4.69) is 9.72 Å². The van der Waals surface area contributed by atoms with Gasteiger partial charge in [0, 0.05) is 24.9 Å². The maximum Gasteiger partial charge on any atom is 0.325 e. The second kappa shape index (κ2) is 5.11. The summed E-state index contributed by atoms with van der Waals surface area (Å²) in [5.74, 6) is -0.919. The zero-order valence-corrected chi connectivity index (χ0v) is 9.02. The van der Waals surface area contributed by atoms with E-state index in [1.165, 1.54) is 37.4 Å². The van der Waals surface area contributed by atoms with Crippen LogP contribution in [0.4, 0.5) is 0 Å². The topological polar surface area (TPSA) is 79.5 Å².